The number of amides is 1. The van der Waals surface area contributed by atoms with Crippen molar-refractivity contribution in [2.45, 2.75) is 12.8 Å². The first-order valence-electron chi connectivity index (χ1n) is 12.7. The number of allylic oxidation sites excluding steroid dienone is 1. The minimum Gasteiger partial charge on any atom is -0.355 e. The third kappa shape index (κ3) is 5.00. The van der Waals surface area contributed by atoms with Gasteiger partial charge in [0.2, 0.25) is 17.8 Å². The number of nitriles is 1. The van der Waals surface area contributed by atoms with Gasteiger partial charge in [0.25, 0.3) is 0 Å². The summed E-state index contributed by atoms with van der Waals surface area (Å²) in [5.74, 6) is 1.91. The van der Waals surface area contributed by atoms with E-state index in [1.54, 1.807) is 23.0 Å². The van der Waals surface area contributed by atoms with Crippen molar-refractivity contribution in [3.8, 4) is 6.07 Å². The van der Waals surface area contributed by atoms with Crippen molar-refractivity contribution in [1.82, 2.24) is 29.9 Å². The van der Waals surface area contributed by atoms with E-state index in [0.717, 1.165) is 48.7 Å². The first kappa shape index (κ1) is 24.1. The molecule has 2 N–H and O–H groups in total. The van der Waals surface area contributed by atoms with Crippen LogP contribution in [0.2, 0.25) is 0 Å². The van der Waals surface area contributed by atoms with Crippen molar-refractivity contribution in [3.63, 3.8) is 0 Å². The average Bonchev–Trinajstić information content (AvgIpc) is 3.40. The molecule has 1 aromatic carbocycles. The van der Waals surface area contributed by atoms with Crippen LogP contribution in [0.15, 0.2) is 72.7 Å². The van der Waals surface area contributed by atoms with E-state index in [-0.39, 0.29) is 12.3 Å². The molecule has 0 atom stereocenters. The first-order chi connectivity index (χ1) is 19.1. The quantitative estimate of drug-likeness (QED) is 0.409. The smallest absolute Gasteiger partial charge is 0.233 e. The van der Waals surface area contributed by atoms with Crippen molar-refractivity contribution >= 4 is 41.0 Å². The van der Waals surface area contributed by atoms with Crippen LogP contribution in [0.1, 0.15) is 24.0 Å². The minimum absolute atomic E-state index is 0.0738. The molecule has 0 radical (unpaired) electrons. The van der Waals surface area contributed by atoms with Gasteiger partial charge in [-0.3, -0.25) is 4.79 Å². The van der Waals surface area contributed by atoms with Crippen molar-refractivity contribution in [2.75, 3.05) is 41.3 Å². The number of pyridine rings is 1. The summed E-state index contributed by atoms with van der Waals surface area (Å²) in [6.07, 6.45) is 6.41. The number of benzene rings is 1. The van der Waals surface area contributed by atoms with E-state index >= 15 is 0 Å². The second kappa shape index (κ2) is 10.3. The molecule has 4 aromatic rings. The van der Waals surface area contributed by atoms with Crippen LogP contribution in [-0.2, 0) is 4.79 Å². The second-order valence-corrected chi connectivity index (χ2v) is 9.39. The van der Waals surface area contributed by atoms with E-state index in [4.69, 9.17) is 15.2 Å². The molecule has 0 unspecified atom stereocenters. The number of nitrogens with zero attached hydrogens (tertiary/aromatic N) is 8. The molecule has 0 aliphatic carbocycles. The fourth-order valence-corrected chi connectivity index (χ4v) is 4.74. The molecule has 0 bridgehead atoms. The van der Waals surface area contributed by atoms with Gasteiger partial charge in [-0.05, 0) is 42.3 Å². The van der Waals surface area contributed by atoms with Gasteiger partial charge in [0, 0.05) is 49.3 Å². The number of carbonyl (C=O) groups excluding carboxylic acids is 1. The van der Waals surface area contributed by atoms with E-state index in [2.05, 4.69) is 43.2 Å². The highest BCUT2D eigenvalue weighted by Gasteiger charge is 2.23. The number of rotatable bonds is 5. The molecule has 2 aliphatic rings. The topological polar surface area (TPSA) is 127 Å². The number of nitrogens with one attached hydrogen (secondary N) is 2. The van der Waals surface area contributed by atoms with E-state index in [1.807, 2.05) is 42.5 Å². The Morgan fingerprint density at radius 2 is 1.85 bits per heavy atom. The molecule has 6 rings (SSSR count). The van der Waals surface area contributed by atoms with Crippen LogP contribution < -0.4 is 20.4 Å². The van der Waals surface area contributed by atoms with Gasteiger partial charge in [0.05, 0.1) is 18.2 Å². The molecular formula is C28H26N10O. The lowest BCUT2D eigenvalue weighted by atomic mass is 10.1. The van der Waals surface area contributed by atoms with Crippen LogP contribution in [0.25, 0.3) is 11.7 Å². The Bertz CT molecular complexity index is 1620. The fraction of sp³-hybridized carbons (Fsp3) is 0.214. The molecule has 3 aromatic heterocycles. The van der Waals surface area contributed by atoms with Crippen molar-refractivity contribution in [3.05, 3.63) is 83.8 Å². The van der Waals surface area contributed by atoms with E-state index in [1.165, 1.54) is 0 Å². The lowest BCUT2D eigenvalue weighted by molar-refractivity contribution is -0.118. The highest BCUT2D eigenvalue weighted by molar-refractivity contribution is 5.89. The standard InChI is InChI=1S/C28H26N10O/c1-19-21(15-25(39)32-19)14-22-18-31-38-26(22)34-27(35-28(38)33-23-6-3-2-4-7-23)37-11-5-10-36(12-13-37)24-9-8-20(16-29)17-30-24/h2-4,6-9,14,17-18H,1,5,10-13,15H2,(H,32,39)(H,33,34,35)/b21-14+. The van der Waals surface area contributed by atoms with Gasteiger partial charge in [0.15, 0.2) is 5.65 Å². The Hall–Kier alpha value is -5.24. The highest BCUT2D eigenvalue weighted by Crippen LogP contribution is 2.26. The maximum Gasteiger partial charge on any atom is 0.233 e. The zero-order valence-corrected chi connectivity index (χ0v) is 21.2. The SMILES string of the molecule is C=C1NC(=O)C/C1=C\c1cnn2c(Nc3ccccc3)nc(N3CCCN(c4ccc(C#N)cn4)CC3)nc12. The Kier molecular flexibility index (Phi) is 6.34. The van der Waals surface area contributed by atoms with E-state index in [9.17, 15) is 4.79 Å². The minimum atomic E-state index is -0.0738. The first-order valence-corrected chi connectivity index (χ1v) is 12.7. The number of hydrogen-bond acceptors (Lipinski definition) is 9. The van der Waals surface area contributed by atoms with Crippen molar-refractivity contribution < 1.29 is 4.79 Å². The zero-order chi connectivity index (χ0) is 26.8. The van der Waals surface area contributed by atoms with Crippen LogP contribution >= 0.6 is 0 Å². The number of anilines is 4. The van der Waals surface area contributed by atoms with Crippen molar-refractivity contribution in [1.29, 1.82) is 5.26 Å². The van der Waals surface area contributed by atoms with Gasteiger partial charge in [-0.25, -0.2) is 4.98 Å². The molecule has 1 amide bonds. The molecule has 2 aliphatic heterocycles. The molecule has 0 saturated carbocycles. The molecule has 194 valence electrons. The Balaban J connectivity index is 1.34. The molecule has 11 heteroatoms. The molecule has 39 heavy (non-hydrogen) atoms. The second-order valence-electron chi connectivity index (χ2n) is 9.39. The van der Waals surface area contributed by atoms with E-state index in [0.29, 0.717) is 35.3 Å². The lowest BCUT2D eigenvalue weighted by Gasteiger charge is -2.23. The lowest BCUT2D eigenvalue weighted by Crippen LogP contribution is -2.32. The third-order valence-corrected chi connectivity index (χ3v) is 6.75. The van der Waals surface area contributed by atoms with Gasteiger partial charge < -0.3 is 20.4 Å². The summed E-state index contributed by atoms with van der Waals surface area (Å²) in [5, 5.41) is 19.8. The van der Waals surface area contributed by atoms with Crippen LogP contribution in [-0.4, -0.2) is 56.7 Å². The largest absolute Gasteiger partial charge is 0.355 e. The molecule has 5 heterocycles. The van der Waals surface area contributed by atoms with Crippen LogP contribution in [0, 0.1) is 11.3 Å². The summed E-state index contributed by atoms with van der Waals surface area (Å²) in [6, 6.07) is 15.6. The van der Waals surface area contributed by atoms with Gasteiger partial charge in [-0.2, -0.15) is 24.8 Å². The highest BCUT2D eigenvalue weighted by atomic mass is 16.1. The van der Waals surface area contributed by atoms with Crippen LogP contribution in [0.5, 0.6) is 0 Å². The summed E-state index contributed by atoms with van der Waals surface area (Å²) in [4.78, 5) is 30.5. The average molecular weight is 519 g/mol. The monoisotopic (exact) mass is 518 g/mol. The molecular weight excluding hydrogens is 492 g/mol. The molecule has 0 spiro atoms. The number of para-hydroxylation sites is 1. The van der Waals surface area contributed by atoms with Gasteiger partial charge in [-0.15, -0.1) is 0 Å². The normalized spacial score (nSPS) is 16.8. The number of carbonyl (C=O) groups is 1. The molecule has 2 saturated heterocycles. The third-order valence-electron chi connectivity index (χ3n) is 6.75. The summed E-state index contributed by atoms with van der Waals surface area (Å²) >= 11 is 0. The Morgan fingerprint density at radius 1 is 1.03 bits per heavy atom. The summed E-state index contributed by atoms with van der Waals surface area (Å²) in [5.41, 5.74) is 4.25. The predicted molar refractivity (Wildman–Crippen MR) is 148 cm³/mol. The van der Waals surface area contributed by atoms with Crippen LogP contribution in [0.4, 0.5) is 23.4 Å². The van der Waals surface area contributed by atoms with Crippen molar-refractivity contribution in [2.24, 2.45) is 0 Å². The predicted octanol–water partition coefficient (Wildman–Crippen LogP) is 3.27. The Labute approximate surface area is 225 Å². The van der Waals surface area contributed by atoms with Gasteiger partial charge >= 0.3 is 0 Å². The van der Waals surface area contributed by atoms with Gasteiger partial charge in [0.1, 0.15) is 11.9 Å². The van der Waals surface area contributed by atoms with Gasteiger partial charge in [-0.1, -0.05) is 24.8 Å². The summed E-state index contributed by atoms with van der Waals surface area (Å²) in [7, 11) is 0. The number of fused-ring (bicyclic) bond motifs is 1. The zero-order valence-electron chi connectivity index (χ0n) is 21.2. The summed E-state index contributed by atoms with van der Waals surface area (Å²) < 4.78 is 1.68. The maximum absolute atomic E-state index is 11.9. The summed E-state index contributed by atoms with van der Waals surface area (Å²) in [6.45, 7) is 6.99. The maximum atomic E-state index is 11.9. The Morgan fingerprint density at radius 3 is 2.59 bits per heavy atom. The number of aromatic nitrogens is 5. The number of hydrogen-bond donors (Lipinski definition) is 2. The fourth-order valence-electron chi connectivity index (χ4n) is 4.74. The van der Waals surface area contributed by atoms with E-state index < -0.39 is 0 Å². The van der Waals surface area contributed by atoms with Crippen LogP contribution in [0.3, 0.4) is 0 Å². The molecule has 2 fully saturated rings. The molecule has 11 nitrogen and oxygen atoms in total.